The van der Waals surface area contributed by atoms with Gasteiger partial charge < -0.3 is 9.47 Å². The van der Waals surface area contributed by atoms with E-state index >= 15 is 0 Å². The molecule has 0 amide bonds. The molecule has 0 fully saturated rings. The van der Waals surface area contributed by atoms with Crippen molar-refractivity contribution >= 4 is 12.0 Å². The van der Waals surface area contributed by atoms with E-state index in [1.54, 1.807) is 25.3 Å². The molecule has 0 spiro atoms. The topological polar surface area (TPSA) is 35.5 Å². The van der Waals surface area contributed by atoms with Crippen LogP contribution in [-0.2, 0) is 4.79 Å². The number of benzene rings is 2. The maximum absolute atomic E-state index is 12.7. The summed E-state index contributed by atoms with van der Waals surface area (Å²) in [4.78, 5) is 11.6. The van der Waals surface area contributed by atoms with Crippen molar-refractivity contribution in [1.82, 2.24) is 0 Å². The molecule has 0 aliphatic heterocycles. The molecule has 0 saturated heterocycles. The zero-order valence-corrected chi connectivity index (χ0v) is 10.9. The van der Waals surface area contributed by atoms with Crippen molar-refractivity contribution in [1.29, 1.82) is 0 Å². The van der Waals surface area contributed by atoms with Gasteiger partial charge in [0.25, 0.3) is 0 Å². The Labute approximate surface area is 116 Å². The Bertz CT molecular complexity index is 601. The summed E-state index contributed by atoms with van der Waals surface area (Å²) in [6.07, 6.45) is 2.94. The summed E-state index contributed by atoms with van der Waals surface area (Å²) in [5.74, 6) is 0.151. The van der Waals surface area contributed by atoms with Crippen molar-refractivity contribution in [2.75, 3.05) is 7.11 Å². The van der Waals surface area contributed by atoms with Crippen LogP contribution in [0.25, 0.3) is 6.08 Å². The lowest BCUT2D eigenvalue weighted by Gasteiger charge is -2.01. The van der Waals surface area contributed by atoms with Crippen LogP contribution in [0, 0.1) is 5.82 Å². The van der Waals surface area contributed by atoms with Crippen molar-refractivity contribution in [2.45, 2.75) is 0 Å². The molecule has 2 aromatic rings. The third-order valence-corrected chi connectivity index (χ3v) is 2.56. The van der Waals surface area contributed by atoms with Crippen molar-refractivity contribution in [3.63, 3.8) is 0 Å². The zero-order chi connectivity index (χ0) is 14.4. The largest absolute Gasteiger partial charge is 0.497 e. The fraction of sp³-hybridized carbons (Fsp3) is 0.0625. The molecule has 0 heterocycles. The van der Waals surface area contributed by atoms with Crippen LogP contribution in [0.3, 0.4) is 0 Å². The Hall–Kier alpha value is -2.62. The van der Waals surface area contributed by atoms with Crippen molar-refractivity contribution in [3.05, 3.63) is 66.0 Å². The first kappa shape index (κ1) is 13.8. The van der Waals surface area contributed by atoms with E-state index in [1.807, 2.05) is 12.1 Å². The van der Waals surface area contributed by atoms with E-state index in [9.17, 15) is 9.18 Å². The standard InChI is InChI=1S/C16H13FO3/c1-19-14-7-2-12(3-8-14)4-11-16(18)20-15-9-5-13(17)6-10-15/h2-11H,1H3/b11-4+. The lowest BCUT2D eigenvalue weighted by atomic mass is 10.2. The number of ether oxygens (including phenoxy) is 2. The number of methoxy groups -OCH3 is 1. The van der Waals surface area contributed by atoms with Gasteiger partial charge in [-0.25, -0.2) is 9.18 Å². The van der Waals surface area contributed by atoms with Crippen molar-refractivity contribution < 1.29 is 18.7 Å². The van der Waals surface area contributed by atoms with Crippen LogP contribution in [0.5, 0.6) is 11.5 Å². The molecule has 0 aliphatic carbocycles. The third-order valence-electron chi connectivity index (χ3n) is 2.56. The molecule has 2 aromatic carbocycles. The van der Waals surface area contributed by atoms with Gasteiger partial charge in [-0.3, -0.25) is 0 Å². The molecular weight excluding hydrogens is 259 g/mol. The molecule has 0 saturated carbocycles. The van der Waals surface area contributed by atoms with Gasteiger partial charge in [-0.15, -0.1) is 0 Å². The predicted molar refractivity (Wildman–Crippen MR) is 74.1 cm³/mol. The summed E-state index contributed by atoms with van der Waals surface area (Å²) in [5, 5.41) is 0. The number of halogens is 1. The predicted octanol–water partition coefficient (Wildman–Crippen LogP) is 3.45. The lowest BCUT2D eigenvalue weighted by Crippen LogP contribution is -2.03. The Morgan fingerprint density at radius 1 is 1.00 bits per heavy atom. The van der Waals surface area contributed by atoms with Gasteiger partial charge in [0.2, 0.25) is 0 Å². The highest BCUT2D eigenvalue weighted by Gasteiger charge is 2.00. The van der Waals surface area contributed by atoms with Crippen molar-refractivity contribution in [3.8, 4) is 11.5 Å². The van der Waals surface area contributed by atoms with Crippen LogP contribution in [-0.4, -0.2) is 13.1 Å². The molecule has 0 aliphatic rings. The Morgan fingerprint density at radius 2 is 1.60 bits per heavy atom. The second-order valence-corrected chi connectivity index (χ2v) is 3.98. The summed E-state index contributed by atoms with van der Waals surface area (Å²) < 4.78 is 22.7. The average molecular weight is 272 g/mol. The molecule has 3 nitrogen and oxygen atoms in total. The minimum Gasteiger partial charge on any atom is -0.497 e. The van der Waals surface area contributed by atoms with Gasteiger partial charge in [-0.05, 0) is 48.0 Å². The molecule has 20 heavy (non-hydrogen) atoms. The number of esters is 1. The Morgan fingerprint density at radius 3 is 2.20 bits per heavy atom. The second kappa shape index (κ2) is 6.52. The number of hydrogen-bond donors (Lipinski definition) is 0. The van der Waals surface area contributed by atoms with Crippen molar-refractivity contribution in [2.24, 2.45) is 0 Å². The number of carbonyl (C=O) groups is 1. The maximum atomic E-state index is 12.7. The van der Waals surface area contributed by atoms with Gasteiger partial charge >= 0.3 is 5.97 Å². The molecule has 0 radical (unpaired) electrons. The first-order valence-electron chi connectivity index (χ1n) is 5.97. The quantitative estimate of drug-likeness (QED) is 0.486. The van der Waals surface area contributed by atoms with Gasteiger partial charge in [0, 0.05) is 6.08 Å². The van der Waals surface area contributed by atoms with E-state index in [2.05, 4.69) is 0 Å². The van der Waals surface area contributed by atoms with Crippen LogP contribution in [0.1, 0.15) is 5.56 Å². The first-order valence-corrected chi connectivity index (χ1v) is 5.97. The molecule has 0 aromatic heterocycles. The summed E-state index contributed by atoms with van der Waals surface area (Å²) in [5.41, 5.74) is 0.849. The molecule has 0 unspecified atom stereocenters. The highest BCUT2D eigenvalue weighted by molar-refractivity contribution is 5.88. The van der Waals surface area contributed by atoms with E-state index in [0.29, 0.717) is 5.75 Å². The molecule has 102 valence electrons. The van der Waals surface area contributed by atoms with E-state index in [0.717, 1.165) is 11.3 Å². The van der Waals surface area contributed by atoms with Gasteiger partial charge in [0.1, 0.15) is 17.3 Å². The molecule has 0 bridgehead atoms. The second-order valence-electron chi connectivity index (χ2n) is 3.98. The first-order chi connectivity index (χ1) is 9.67. The average Bonchev–Trinajstić information content (AvgIpc) is 2.48. The van der Waals surface area contributed by atoms with Gasteiger partial charge in [-0.2, -0.15) is 0 Å². The molecule has 4 heteroatoms. The van der Waals surface area contributed by atoms with Crippen LogP contribution >= 0.6 is 0 Å². The van der Waals surface area contributed by atoms with Crippen LogP contribution in [0.2, 0.25) is 0 Å². The Kier molecular flexibility index (Phi) is 4.50. The van der Waals surface area contributed by atoms with E-state index in [-0.39, 0.29) is 5.82 Å². The SMILES string of the molecule is COc1ccc(/C=C/C(=O)Oc2ccc(F)cc2)cc1. The maximum Gasteiger partial charge on any atom is 0.336 e. The van der Waals surface area contributed by atoms with E-state index in [4.69, 9.17) is 9.47 Å². The number of rotatable bonds is 4. The van der Waals surface area contributed by atoms with E-state index < -0.39 is 5.97 Å². The summed E-state index contributed by atoms with van der Waals surface area (Å²) in [6.45, 7) is 0. The van der Waals surface area contributed by atoms with E-state index in [1.165, 1.54) is 30.3 Å². The monoisotopic (exact) mass is 272 g/mol. The summed E-state index contributed by atoms with van der Waals surface area (Å²) in [6, 6.07) is 12.5. The minimum atomic E-state index is -0.521. The summed E-state index contributed by atoms with van der Waals surface area (Å²) >= 11 is 0. The molecule has 0 atom stereocenters. The van der Waals surface area contributed by atoms with Gasteiger partial charge in [0.05, 0.1) is 7.11 Å². The smallest absolute Gasteiger partial charge is 0.336 e. The normalized spacial score (nSPS) is 10.5. The fourth-order valence-electron chi connectivity index (χ4n) is 1.53. The fourth-order valence-corrected chi connectivity index (χ4v) is 1.53. The van der Waals surface area contributed by atoms with Gasteiger partial charge in [-0.1, -0.05) is 12.1 Å². The van der Waals surface area contributed by atoms with Gasteiger partial charge in [0.15, 0.2) is 0 Å². The third kappa shape index (κ3) is 3.95. The van der Waals surface area contributed by atoms with Crippen LogP contribution in [0.15, 0.2) is 54.6 Å². The zero-order valence-electron chi connectivity index (χ0n) is 10.9. The minimum absolute atomic E-state index is 0.302. The Balaban J connectivity index is 1.96. The lowest BCUT2D eigenvalue weighted by molar-refractivity contribution is -0.128. The summed E-state index contributed by atoms with van der Waals surface area (Å²) in [7, 11) is 1.59. The number of hydrogen-bond acceptors (Lipinski definition) is 3. The van der Waals surface area contributed by atoms with Crippen LogP contribution in [0.4, 0.5) is 4.39 Å². The van der Waals surface area contributed by atoms with Crippen LogP contribution < -0.4 is 9.47 Å². The molecular formula is C16H13FO3. The molecule has 2 rings (SSSR count). The highest BCUT2D eigenvalue weighted by atomic mass is 19.1. The number of carbonyl (C=O) groups excluding carboxylic acids is 1. The highest BCUT2D eigenvalue weighted by Crippen LogP contribution is 2.13. The molecule has 0 N–H and O–H groups in total.